The number of aliphatic imine (C=N–C) groups is 1. The molecule has 3 heteroatoms. The second-order valence-electron chi connectivity index (χ2n) is 4.02. The third kappa shape index (κ3) is 2.63. The van der Waals surface area contributed by atoms with Crippen LogP contribution in [0.2, 0.25) is 0 Å². The first-order chi connectivity index (χ1) is 7.81. The molecule has 0 spiro atoms. The average molecular weight is 215 g/mol. The number of hydrogen-bond acceptors (Lipinski definition) is 1. The molecule has 0 heterocycles. The Morgan fingerprint density at radius 2 is 2.25 bits per heavy atom. The fraction of sp³-hybridized carbons (Fsp3) is 0.308. The van der Waals surface area contributed by atoms with Gasteiger partial charge in [-0.05, 0) is 12.0 Å². The average Bonchev–Trinajstić information content (AvgIpc) is 3.07. The SMILES string of the molecule is C=CCN=C(N)NC1CC1c1ccccc1. The first-order valence-electron chi connectivity index (χ1n) is 5.53. The summed E-state index contributed by atoms with van der Waals surface area (Å²) < 4.78 is 0. The Hall–Kier alpha value is -1.77. The standard InChI is InChI=1S/C13H17N3/c1-2-8-15-13(14)16-12-9-11(12)10-6-4-3-5-7-10/h2-7,11-12H,1,8-9H2,(H3,14,15,16). The van der Waals surface area contributed by atoms with Gasteiger partial charge in [0.1, 0.15) is 0 Å². The Bertz CT molecular complexity index is 383. The Morgan fingerprint density at radius 3 is 2.94 bits per heavy atom. The van der Waals surface area contributed by atoms with Crippen molar-refractivity contribution in [3.63, 3.8) is 0 Å². The molecule has 0 amide bonds. The van der Waals surface area contributed by atoms with E-state index < -0.39 is 0 Å². The van der Waals surface area contributed by atoms with Crippen LogP contribution in [0.15, 0.2) is 48.0 Å². The summed E-state index contributed by atoms with van der Waals surface area (Å²) in [4.78, 5) is 4.12. The van der Waals surface area contributed by atoms with Gasteiger partial charge < -0.3 is 11.1 Å². The van der Waals surface area contributed by atoms with E-state index in [4.69, 9.17) is 5.73 Å². The zero-order chi connectivity index (χ0) is 11.4. The number of rotatable bonds is 4. The maximum Gasteiger partial charge on any atom is 0.189 e. The van der Waals surface area contributed by atoms with Crippen molar-refractivity contribution >= 4 is 5.96 Å². The van der Waals surface area contributed by atoms with Crippen molar-refractivity contribution in [1.29, 1.82) is 0 Å². The molecule has 0 saturated heterocycles. The van der Waals surface area contributed by atoms with Crippen LogP contribution in [0.5, 0.6) is 0 Å². The molecule has 1 aromatic rings. The predicted octanol–water partition coefficient (Wildman–Crippen LogP) is 1.63. The van der Waals surface area contributed by atoms with Crippen LogP contribution in [-0.2, 0) is 0 Å². The van der Waals surface area contributed by atoms with Crippen LogP contribution in [0, 0.1) is 0 Å². The normalized spacial score (nSPS) is 23.9. The summed E-state index contributed by atoms with van der Waals surface area (Å²) >= 11 is 0. The maximum atomic E-state index is 5.73. The molecular weight excluding hydrogens is 198 g/mol. The molecule has 0 aromatic heterocycles. The van der Waals surface area contributed by atoms with Crippen molar-refractivity contribution < 1.29 is 0 Å². The Kier molecular flexibility index (Phi) is 3.25. The summed E-state index contributed by atoms with van der Waals surface area (Å²) in [5.41, 5.74) is 7.10. The smallest absolute Gasteiger partial charge is 0.189 e. The van der Waals surface area contributed by atoms with Crippen molar-refractivity contribution in [3.8, 4) is 0 Å². The van der Waals surface area contributed by atoms with Gasteiger partial charge >= 0.3 is 0 Å². The molecule has 84 valence electrons. The molecule has 1 aliphatic carbocycles. The van der Waals surface area contributed by atoms with Crippen LogP contribution in [0.1, 0.15) is 17.9 Å². The summed E-state index contributed by atoms with van der Waals surface area (Å²) in [7, 11) is 0. The van der Waals surface area contributed by atoms with E-state index in [1.807, 2.05) is 6.07 Å². The third-order valence-electron chi connectivity index (χ3n) is 2.74. The van der Waals surface area contributed by atoms with E-state index in [0.29, 0.717) is 24.5 Å². The van der Waals surface area contributed by atoms with Gasteiger partial charge in [0.25, 0.3) is 0 Å². The van der Waals surface area contributed by atoms with E-state index in [-0.39, 0.29) is 0 Å². The van der Waals surface area contributed by atoms with Crippen LogP contribution in [0.25, 0.3) is 0 Å². The number of nitrogens with two attached hydrogens (primary N) is 1. The van der Waals surface area contributed by atoms with E-state index in [9.17, 15) is 0 Å². The zero-order valence-corrected chi connectivity index (χ0v) is 9.26. The number of guanidine groups is 1. The largest absolute Gasteiger partial charge is 0.370 e. The molecule has 0 bridgehead atoms. The third-order valence-corrected chi connectivity index (χ3v) is 2.74. The van der Waals surface area contributed by atoms with Gasteiger partial charge in [-0.25, -0.2) is 4.99 Å². The van der Waals surface area contributed by atoms with Crippen LogP contribution >= 0.6 is 0 Å². The highest BCUT2D eigenvalue weighted by molar-refractivity contribution is 5.78. The van der Waals surface area contributed by atoms with Crippen molar-refractivity contribution in [1.82, 2.24) is 5.32 Å². The minimum Gasteiger partial charge on any atom is -0.370 e. The Morgan fingerprint density at radius 1 is 1.50 bits per heavy atom. The van der Waals surface area contributed by atoms with Gasteiger partial charge in [-0.2, -0.15) is 0 Å². The second-order valence-corrected chi connectivity index (χ2v) is 4.02. The van der Waals surface area contributed by atoms with Gasteiger partial charge in [-0.1, -0.05) is 36.4 Å². The zero-order valence-electron chi connectivity index (χ0n) is 9.26. The van der Waals surface area contributed by atoms with E-state index >= 15 is 0 Å². The lowest BCUT2D eigenvalue weighted by atomic mass is 10.1. The summed E-state index contributed by atoms with van der Waals surface area (Å²) in [5.74, 6) is 1.10. The van der Waals surface area contributed by atoms with E-state index in [2.05, 4.69) is 41.2 Å². The molecule has 2 rings (SSSR count). The summed E-state index contributed by atoms with van der Waals surface area (Å²) in [6.07, 6.45) is 2.87. The highest BCUT2D eigenvalue weighted by Crippen LogP contribution is 2.40. The van der Waals surface area contributed by atoms with Gasteiger partial charge in [0.15, 0.2) is 5.96 Å². The molecule has 0 aliphatic heterocycles. The fourth-order valence-electron chi connectivity index (χ4n) is 1.82. The van der Waals surface area contributed by atoms with E-state index in [1.54, 1.807) is 6.08 Å². The number of benzene rings is 1. The number of nitrogens with one attached hydrogen (secondary N) is 1. The lowest BCUT2D eigenvalue weighted by Crippen LogP contribution is -2.34. The molecule has 16 heavy (non-hydrogen) atoms. The monoisotopic (exact) mass is 215 g/mol. The van der Waals surface area contributed by atoms with Crippen molar-refractivity contribution in [2.75, 3.05) is 6.54 Å². The lowest BCUT2D eigenvalue weighted by Gasteiger charge is -2.04. The summed E-state index contributed by atoms with van der Waals surface area (Å²) in [6, 6.07) is 10.9. The van der Waals surface area contributed by atoms with Crippen LogP contribution < -0.4 is 11.1 Å². The van der Waals surface area contributed by atoms with Gasteiger partial charge in [0.05, 0.1) is 6.54 Å². The minimum atomic E-state index is 0.441. The molecule has 1 aliphatic rings. The van der Waals surface area contributed by atoms with Crippen LogP contribution in [0.4, 0.5) is 0 Å². The van der Waals surface area contributed by atoms with E-state index in [0.717, 1.165) is 6.42 Å². The van der Waals surface area contributed by atoms with Crippen LogP contribution in [0.3, 0.4) is 0 Å². The molecule has 1 fully saturated rings. The molecule has 3 nitrogen and oxygen atoms in total. The summed E-state index contributed by atoms with van der Waals surface area (Å²) in [5, 5.41) is 3.22. The van der Waals surface area contributed by atoms with Crippen molar-refractivity contribution in [2.24, 2.45) is 10.7 Å². The summed E-state index contributed by atoms with van der Waals surface area (Å²) in [6.45, 7) is 4.17. The predicted molar refractivity (Wildman–Crippen MR) is 67.4 cm³/mol. The Labute approximate surface area is 96.1 Å². The molecule has 1 aromatic carbocycles. The van der Waals surface area contributed by atoms with Gasteiger partial charge in [0.2, 0.25) is 0 Å². The minimum absolute atomic E-state index is 0.441. The molecule has 2 unspecified atom stereocenters. The lowest BCUT2D eigenvalue weighted by molar-refractivity contribution is 0.854. The Balaban J connectivity index is 1.86. The van der Waals surface area contributed by atoms with Crippen molar-refractivity contribution in [3.05, 3.63) is 48.6 Å². The molecular formula is C13H17N3. The molecule has 1 saturated carbocycles. The molecule has 2 atom stereocenters. The molecule has 0 radical (unpaired) electrons. The first-order valence-corrected chi connectivity index (χ1v) is 5.53. The van der Waals surface area contributed by atoms with Gasteiger partial charge in [-0.15, -0.1) is 6.58 Å². The topological polar surface area (TPSA) is 50.4 Å². The fourth-order valence-corrected chi connectivity index (χ4v) is 1.82. The first kappa shape index (κ1) is 10.7. The van der Waals surface area contributed by atoms with Crippen LogP contribution in [-0.4, -0.2) is 18.5 Å². The van der Waals surface area contributed by atoms with E-state index in [1.165, 1.54) is 5.56 Å². The maximum absolute atomic E-state index is 5.73. The number of hydrogen-bond donors (Lipinski definition) is 2. The van der Waals surface area contributed by atoms with Crippen molar-refractivity contribution in [2.45, 2.75) is 18.4 Å². The highest BCUT2D eigenvalue weighted by Gasteiger charge is 2.38. The molecule has 3 N–H and O–H groups in total. The second kappa shape index (κ2) is 4.84. The highest BCUT2D eigenvalue weighted by atomic mass is 15.1. The quantitative estimate of drug-likeness (QED) is 0.455. The number of nitrogens with zero attached hydrogens (tertiary/aromatic N) is 1. The van der Waals surface area contributed by atoms with Gasteiger partial charge in [-0.3, -0.25) is 0 Å². The van der Waals surface area contributed by atoms with Gasteiger partial charge in [0, 0.05) is 12.0 Å².